The summed E-state index contributed by atoms with van der Waals surface area (Å²) in [6.07, 6.45) is -0.809. The molecule has 0 aliphatic carbocycles. The maximum Gasteiger partial charge on any atom is 0.407 e. The topological polar surface area (TPSA) is 70.6 Å². The fourth-order valence-corrected chi connectivity index (χ4v) is 0.962. The van der Waals surface area contributed by atoms with Gasteiger partial charge < -0.3 is 20.5 Å². The molecule has 3 N–H and O–H groups in total. The van der Waals surface area contributed by atoms with Gasteiger partial charge in [-0.1, -0.05) is 0 Å². The van der Waals surface area contributed by atoms with Gasteiger partial charge in [0.1, 0.15) is 0 Å². The number of nitrogens with one attached hydrogen (secondary N) is 2. The number of alkyl carbamates (subject to hydrolysis) is 1. The fourth-order valence-electron chi connectivity index (χ4n) is 0.962. The number of aliphatic hydroxyl groups excluding tert-OH is 1. The normalized spacial score (nSPS) is 13.4. The van der Waals surface area contributed by atoms with Crippen LogP contribution in [0.2, 0.25) is 0 Å². The molecule has 1 atom stereocenters. The molecule has 0 aromatic rings. The minimum Gasteiger partial charge on any atom is -0.450 e. The van der Waals surface area contributed by atoms with E-state index >= 15 is 0 Å². The number of carbonyl (C=O) groups is 1. The quantitative estimate of drug-likeness (QED) is 0.606. The molecule has 0 spiro atoms. The molecule has 0 aromatic carbocycles. The van der Waals surface area contributed by atoms with Crippen LogP contribution < -0.4 is 10.6 Å². The standard InChI is InChI=1S/C10H22N2O3/c1-5-15-9(14)11-7-10(3,4)12-6-8(2)13/h8,12-13H,5-7H2,1-4H3,(H,11,14). The molecule has 0 saturated heterocycles. The van der Waals surface area contributed by atoms with Gasteiger partial charge in [-0.25, -0.2) is 4.79 Å². The van der Waals surface area contributed by atoms with Gasteiger partial charge >= 0.3 is 6.09 Å². The average molecular weight is 218 g/mol. The van der Waals surface area contributed by atoms with Crippen LogP contribution in [0, 0.1) is 0 Å². The molecule has 0 fully saturated rings. The van der Waals surface area contributed by atoms with Crippen molar-refractivity contribution in [3.63, 3.8) is 0 Å². The van der Waals surface area contributed by atoms with E-state index in [0.29, 0.717) is 19.7 Å². The van der Waals surface area contributed by atoms with E-state index in [4.69, 9.17) is 9.84 Å². The van der Waals surface area contributed by atoms with Crippen molar-refractivity contribution < 1.29 is 14.6 Å². The molecule has 0 bridgehead atoms. The first-order chi connectivity index (χ1) is 6.87. The third kappa shape index (κ3) is 8.20. The molecular weight excluding hydrogens is 196 g/mol. The maximum absolute atomic E-state index is 11.0. The Hall–Kier alpha value is -0.810. The van der Waals surface area contributed by atoms with Crippen LogP contribution in [0.4, 0.5) is 4.79 Å². The molecule has 0 radical (unpaired) electrons. The van der Waals surface area contributed by atoms with E-state index in [1.165, 1.54) is 0 Å². The van der Waals surface area contributed by atoms with Gasteiger partial charge in [0.25, 0.3) is 0 Å². The molecule has 1 unspecified atom stereocenters. The van der Waals surface area contributed by atoms with E-state index in [1.807, 2.05) is 13.8 Å². The van der Waals surface area contributed by atoms with Crippen LogP contribution in [0.1, 0.15) is 27.7 Å². The molecule has 0 aliphatic rings. The largest absolute Gasteiger partial charge is 0.450 e. The molecular formula is C10H22N2O3. The monoisotopic (exact) mass is 218 g/mol. The first-order valence-electron chi connectivity index (χ1n) is 5.21. The molecule has 15 heavy (non-hydrogen) atoms. The Morgan fingerprint density at radius 1 is 1.53 bits per heavy atom. The summed E-state index contributed by atoms with van der Waals surface area (Å²) in [7, 11) is 0. The Morgan fingerprint density at radius 2 is 2.13 bits per heavy atom. The van der Waals surface area contributed by atoms with E-state index in [9.17, 15) is 4.79 Å². The van der Waals surface area contributed by atoms with Crippen LogP contribution in [0.5, 0.6) is 0 Å². The van der Waals surface area contributed by atoms with E-state index in [-0.39, 0.29) is 5.54 Å². The minimum atomic E-state index is -0.413. The van der Waals surface area contributed by atoms with Crippen LogP contribution in [-0.2, 0) is 4.74 Å². The van der Waals surface area contributed by atoms with Crippen molar-refractivity contribution >= 4 is 6.09 Å². The summed E-state index contributed by atoms with van der Waals surface area (Å²) in [5.74, 6) is 0. The summed E-state index contributed by atoms with van der Waals surface area (Å²) in [6, 6.07) is 0. The summed E-state index contributed by atoms with van der Waals surface area (Å²) < 4.78 is 4.74. The van der Waals surface area contributed by atoms with Gasteiger partial charge in [0.15, 0.2) is 0 Å². The molecule has 5 nitrogen and oxygen atoms in total. The lowest BCUT2D eigenvalue weighted by atomic mass is 10.1. The number of amides is 1. The van der Waals surface area contributed by atoms with Gasteiger partial charge in [-0.3, -0.25) is 0 Å². The SMILES string of the molecule is CCOC(=O)NCC(C)(C)NCC(C)O. The number of carbonyl (C=O) groups excluding carboxylic acids is 1. The van der Waals surface area contributed by atoms with E-state index in [1.54, 1.807) is 13.8 Å². The molecule has 1 amide bonds. The molecule has 0 aromatic heterocycles. The summed E-state index contributed by atoms with van der Waals surface area (Å²) in [6.45, 7) is 8.69. The van der Waals surface area contributed by atoms with Crippen molar-refractivity contribution in [3.8, 4) is 0 Å². The number of ether oxygens (including phenoxy) is 1. The lowest BCUT2D eigenvalue weighted by Crippen LogP contribution is -2.50. The van der Waals surface area contributed by atoms with Crippen molar-refractivity contribution in [1.29, 1.82) is 0 Å². The van der Waals surface area contributed by atoms with Gasteiger partial charge in [0.05, 0.1) is 12.7 Å². The summed E-state index contributed by atoms with van der Waals surface area (Å²) in [5.41, 5.74) is -0.260. The van der Waals surface area contributed by atoms with Crippen LogP contribution in [0.25, 0.3) is 0 Å². The first kappa shape index (κ1) is 14.2. The second-order valence-corrected chi connectivity index (χ2v) is 4.19. The fraction of sp³-hybridized carbons (Fsp3) is 0.900. The van der Waals surface area contributed by atoms with Crippen molar-refractivity contribution in [1.82, 2.24) is 10.6 Å². The summed E-state index contributed by atoms with van der Waals surface area (Å²) in [4.78, 5) is 11.0. The van der Waals surface area contributed by atoms with Gasteiger partial charge in [0, 0.05) is 18.6 Å². The molecule has 0 aliphatic heterocycles. The predicted molar refractivity (Wildman–Crippen MR) is 58.8 cm³/mol. The number of rotatable bonds is 6. The average Bonchev–Trinajstić information content (AvgIpc) is 2.13. The molecule has 0 heterocycles. The highest BCUT2D eigenvalue weighted by Gasteiger charge is 2.18. The van der Waals surface area contributed by atoms with Gasteiger partial charge in [-0.05, 0) is 27.7 Å². The molecule has 90 valence electrons. The van der Waals surface area contributed by atoms with Crippen molar-refractivity contribution in [2.75, 3.05) is 19.7 Å². The Balaban J connectivity index is 3.77. The third-order valence-corrected chi connectivity index (χ3v) is 1.83. The zero-order valence-electron chi connectivity index (χ0n) is 9.96. The van der Waals surface area contributed by atoms with Crippen LogP contribution >= 0.6 is 0 Å². The first-order valence-corrected chi connectivity index (χ1v) is 5.21. The Kier molecular flexibility index (Phi) is 6.27. The number of hydrogen-bond acceptors (Lipinski definition) is 4. The van der Waals surface area contributed by atoms with Gasteiger partial charge in [-0.2, -0.15) is 0 Å². The van der Waals surface area contributed by atoms with E-state index in [0.717, 1.165) is 0 Å². The minimum absolute atomic E-state index is 0.260. The van der Waals surface area contributed by atoms with Crippen molar-refractivity contribution in [2.45, 2.75) is 39.3 Å². The number of β-amino-alcohol motifs (C(OH)–C–C–N with tert-alkyl or cyclic N) is 1. The summed E-state index contributed by atoms with van der Waals surface area (Å²) >= 11 is 0. The lowest BCUT2D eigenvalue weighted by Gasteiger charge is -2.27. The van der Waals surface area contributed by atoms with Gasteiger partial charge in [0.2, 0.25) is 0 Å². The van der Waals surface area contributed by atoms with E-state index < -0.39 is 12.2 Å². The van der Waals surface area contributed by atoms with Crippen LogP contribution in [-0.4, -0.2) is 42.5 Å². The molecule has 0 saturated carbocycles. The second kappa shape index (κ2) is 6.63. The maximum atomic E-state index is 11.0. The Morgan fingerprint density at radius 3 is 2.60 bits per heavy atom. The summed E-state index contributed by atoms with van der Waals surface area (Å²) in [5, 5.41) is 14.9. The van der Waals surface area contributed by atoms with Crippen LogP contribution in [0.15, 0.2) is 0 Å². The van der Waals surface area contributed by atoms with Crippen LogP contribution in [0.3, 0.4) is 0 Å². The third-order valence-electron chi connectivity index (χ3n) is 1.83. The van der Waals surface area contributed by atoms with Crippen molar-refractivity contribution in [2.24, 2.45) is 0 Å². The second-order valence-electron chi connectivity index (χ2n) is 4.19. The number of aliphatic hydroxyl groups is 1. The zero-order valence-corrected chi connectivity index (χ0v) is 9.96. The smallest absolute Gasteiger partial charge is 0.407 e. The highest BCUT2D eigenvalue weighted by molar-refractivity contribution is 5.67. The Labute approximate surface area is 91.2 Å². The van der Waals surface area contributed by atoms with Crippen molar-refractivity contribution in [3.05, 3.63) is 0 Å². The predicted octanol–water partition coefficient (Wildman–Crippen LogP) is 0.481. The van der Waals surface area contributed by atoms with Gasteiger partial charge in [-0.15, -0.1) is 0 Å². The Bertz CT molecular complexity index is 193. The highest BCUT2D eigenvalue weighted by atomic mass is 16.5. The number of hydrogen-bond donors (Lipinski definition) is 3. The lowest BCUT2D eigenvalue weighted by molar-refractivity contribution is 0.146. The zero-order chi connectivity index (χ0) is 11.9. The highest BCUT2D eigenvalue weighted by Crippen LogP contribution is 2.00. The van der Waals surface area contributed by atoms with E-state index in [2.05, 4.69) is 10.6 Å². The molecule has 5 heteroatoms. The molecule has 0 rings (SSSR count).